The average Bonchev–Trinajstić information content (AvgIpc) is 3.18. The Balaban J connectivity index is 0.000000481. The molecule has 0 spiro atoms. The van der Waals surface area contributed by atoms with Crippen LogP contribution in [0.3, 0.4) is 0 Å². The summed E-state index contributed by atoms with van der Waals surface area (Å²) in [4.78, 5) is 30.0. The molecule has 0 aliphatic heterocycles. The first kappa shape index (κ1) is 25.0. The van der Waals surface area contributed by atoms with Gasteiger partial charge in [0, 0.05) is 11.3 Å². The van der Waals surface area contributed by atoms with Crippen LogP contribution in [0.2, 0.25) is 0 Å². The van der Waals surface area contributed by atoms with Crippen LogP contribution in [0.15, 0.2) is 29.4 Å². The van der Waals surface area contributed by atoms with Gasteiger partial charge in [0.1, 0.15) is 16.4 Å². The van der Waals surface area contributed by atoms with Crippen LogP contribution < -0.4 is 10.2 Å². The second-order valence-electron chi connectivity index (χ2n) is 7.16. The fraction of sp³-hybridized carbons (Fsp3) is 0.318. The summed E-state index contributed by atoms with van der Waals surface area (Å²) < 4.78 is 28.8. The molecule has 0 radical (unpaired) electrons. The molecule has 0 fully saturated rings. The Kier molecular flexibility index (Phi) is 8.41. The molecule has 0 saturated heterocycles. The van der Waals surface area contributed by atoms with Gasteiger partial charge in [0.15, 0.2) is 5.82 Å². The monoisotopic (exact) mass is 492 g/mol. The van der Waals surface area contributed by atoms with Gasteiger partial charge in [0.2, 0.25) is 0 Å². The molecule has 3 N–H and O–H groups in total. The van der Waals surface area contributed by atoms with Gasteiger partial charge in [-0.25, -0.2) is 19.6 Å². The van der Waals surface area contributed by atoms with Crippen LogP contribution in [-0.2, 0) is 28.9 Å². The van der Waals surface area contributed by atoms with Crippen LogP contribution in [0.25, 0.3) is 10.2 Å². The zero-order valence-corrected chi connectivity index (χ0v) is 18.9. The summed E-state index contributed by atoms with van der Waals surface area (Å²) in [5, 5.41) is 20.2. The summed E-state index contributed by atoms with van der Waals surface area (Å²) in [6, 6.07) is 6.31. The molecule has 180 valence electrons. The van der Waals surface area contributed by atoms with Crippen molar-refractivity contribution in [3.05, 3.63) is 46.1 Å². The molecular weight excluding hydrogens is 470 g/mol. The summed E-state index contributed by atoms with van der Waals surface area (Å²) in [7, 11) is 0. The lowest BCUT2D eigenvalue weighted by Gasteiger charge is -2.11. The zero-order valence-electron chi connectivity index (χ0n) is 18.1. The van der Waals surface area contributed by atoms with Gasteiger partial charge in [-0.1, -0.05) is 6.92 Å². The van der Waals surface area contributed by atoms with E-state index in [4.69, 9.17) is 24.8 Å². The highest BCUT2D eigenvalue weighted by atomic mass is 32.1. The quantitative estimate of drug-likeness (QED) is 0.263. The zero-order chi connectivity index (χ0) is 24.7. The predicted octanol–water partition coefficient (Wildman–Crippen LogP) is 4.34. The molecule has 3 aromatic rings. The molecule has 0 saturated carbocycles. The number of hydrazone groups is 1. The number of benzene rings is 1. The Morgan fingerprint density at radius 2 is 1.85 bits per heavy atom. The number of alkyl halides is 2. The molecule has 0 bridgehead atoms. The summed E-state index contributed by atoms with van der Waals surface area (Å²) in [6.45, 7) is -0.796. The molecule has 0 atom stereocenters. The van der Waals surface area contributed by atoms with Gasteiger partial charge in [0.05, 0.1) is 11.6 Å². The largest absolute Gasteiger partial charge is 0.473 e. The number of aryl methyl sites for hydroxylation is 3. The number of anilines is 1. The third-order valence-corrected chi connectivity index (χ3v) is 6.04. The maximum atomic E-state index is 12.2. The highest BCUT2D eigenvalue weighted by Crippen LogP contribution is 2.38. The minimum absolute atomic E-state index is 0.120. The normalized spacial score (nSPS) is 12.8. The van der Waals surface area contributed by atoms with Gasteiger partial charge < -0.3 is 14.9 Å². The molecule has 0 amide bonds. The molecule has 2 heterocycles. The van der Waals surface area contributed by atoms with Crippen LogP contribution in [0.1, 0.15) is 41.6 Å². The molecule has 4 rings (SSSR count). The minimum atomic E-state index is -2.83. The third-order valence-electron chi connectivity index (χ3n) is 4.85. The summed E-state index contributed by atoms with van der Waals surface area (Å²) in [5.74, 6) is -2.01. The highest BCUT2D eigenvalue weighted by Gasteiger charge is 2.20. The first-order chi connectivity index (χ1) is 16.3. The first-order valence-corrected chi connectivity index (χ1v) is 11.2. The maximum Gasteiger partial charge on any atom is 0.414 e. The van der Waals surface area contributed by atoms with Crippen molar-refractivity contribution in [2.45, 2.75) is 45.6 Å². The highest BCUT2D eigenvalue weighted by molar-refractivity contribution is 7.19. The molecular formula is C22H22F2N4O5S. The number of fused-ring (bicyclic) bond motifs is 3. The number of halogens is 2. The minimum Gasteiger partial charge on any atom is -0.473 e. The Hall–Kier alpha value is -3.67. The molecule has 1 aliphatic carbocycles. The summed E-state index contributed by atoms with van der Waals surface area (Å²) >= 11 is 1.76. The lowest BCUT2D eigenvalue weighted by atomic mass is 9.97. The van der Waals surface area contributed by atoms with E-state index in [-0.39, 0.29) is 5.75 Å². The smallest absolute Gasteiger partial charge is 0.414 e. The maximum absolute atomic E-state index is 12.2. The van der Waals surface area contributed by atoms with E-state index in [1.165, 1.54) is 35.4 Å². The fourth-order valence-corrected chi connectivity index (χ4v) is 4.62. The Morgan fingerprint density at radius 3 is 2.47 bits per heavy atom. The van der Waals surface area contributed by atoms with Crippen LogP contribution in [-0.4, -0.2) is 44.9 Å². The van der Waals surface area contributed by atoms with Crippen molar-refractivity contribution in [3.63, 3.8) is 0 Å². The molecule has 9 nitrogen and oxygen atoms in total. The van der Waals surface area contributed by atoms with Crippen LogP contribution in [0.5, 0.6) is 5.75 Å². The van der Waals surface area contributed by atoms with Crippen LogP contribution >= 0.6 is 11.3 Å². The summed E-state index contributed by atoms with van der Waals surface area (Å²) in [6.07, 6.45) is 6.94. The van der Waals surface area contributed by atoms with Gasteiger partial charge in [-0.2, -0.15) is 13.9 Å². The number of aliphatic carboxylic acids is 2. The number of thiophene rings is 1. The first-order valence-electron chi connectivity index (χ1n) is 10.4. The van der Waals surface area contributed by atoms with Gasteiger partial charge >= 0.3 is 18.6 Å². The standard InChI is InChI=1S/C20H20F2N4OS.C2H2O4/c1-2-16-24-18(17-14-5-3-4-6-15(14)28-19(17)25-16)26-23-11-12-7-9-13(10-8-12)27-20(21)22;3-1(4)2(5)6/h7-11,20H,2-6H2,1H3,(H,24,25,26);(H,3,4)(H,5,6). The number of hydrogen-bond acceptors (Lipinski definition) is 8. The number of rotatable bonds is 6. The topological polar surface area (TPSA) is 134 Å². The number of hydrogen-bond donors (Lipinski definition) is 3. The number of carbonyl (C=O) groups is 2. The van der Waals surface area contributed by atoms with E-state index in [9.17, 15) is 8.78 Å². The van der Waals surface area contributed by atoms with Crippen molar-refractivity contribution in [2.24, 2.45) is 5.10 Å². The van der Waals surface area contributed by atoms with Gasteiger partial charge in [0.25, 0.3) is 0 Å². The summed E-state index contributed by atoms with van der Waals surface area (Å²) in [5.41, 5.74) is 5.18. The SMILES string of the molecule is CCc1nc(NN=Cc2ccc(OC(F)F)cc2)c2c3c(sc2n1)CCCC3.O=C(O)C(=O)O. The van der Waals surface area contributed by atoms with Gasteiger partial charge in [-0.3, -0.25) is 5.43 Å². The van der Waals surface area contributed by atoms with Crippen molar-refractivity contribution in [2.75, 3.05) is 5.43 Å². The van der Waals surface area contributed by atoms with E-state index in [2.05, 4.69) is 20.2 Å². The van der Waals surface area contributed by atoms with Gasteiger partial charge in [-0.15, -0.1) is 11.3 Å². The lowest BCUT2D eigenvalue weighted by molar-refractivity contribution is -0.159. The average molecular weight is 493 g/mol. The van der Waals surface area contributed by atoms with Gasteiger partial charge in [-0.05, 0) is 61.1 Å². The van der Waals surface area contributed by atoms with Crippen LogP contribution in [0, 0.1) is 0 Å². The lowest BCUT2D eigenvalue weighted by Crippen LogP contribution is -2.09. The van der Waals surface area contributed by atoms with E-state index in [0.717, 1.165) is 46.7 Å². The molecule has 34 heavy (non-hydrogen) atoms. The number of nitrogens with zero attached hydrogens (tertiary/aromatic N) is 3. The number of ether oxygens (including phenoxy) is 1. The molecule has 2 aromatic heterocycles. The molecule has 1 aliphatic rings. The Bertz CT molecular complexity index is 1190. The Morgan fingerprint density at radius 1 is 1.18 bits per heavy atom. The number of aromatic nitrogens is 2. The van der Waals surface area contributed by atoms with Crippen LogP contribution in [0.4, 0.5) is 14.6 Å². The van der Waals surface area contributed by atoms with E-state index >= 15 is 0 Å². The number of carboxylic acid groups (broad SMARTS) is 2. The number of nitrogens with one attached hydrogen (secondary N) is 1. The predicted molar refractivity (Wildman–Crippen MR) is 123 cm³/mol. The van der Waals surface area contributed by atoms with Crippen molar-refractivity contribution in [1.82, 2.24) is 9.97 Å². The van der Waals surface area contributed by atoms with E-state index < -0.39 is 18.6 Å². The molecule has 1 aromatic carbocycles. The van der Waals surface area contributed by atoms with Crippen molar-refractivity contribution in [3.8, 4) is 5.75 Å². The third kappa shape index (κ3) is 6.44. The van der Waals surface area contributed by atoms with Crippen molar-refractivity contribution in [1.29, 1.82) is 0 Å². The number of carboxylic acids is 2. The van der Waals surface area contributed by atoms with Crippen molar-refractivity contribution < 1.29 is 33.3 Å². The second-order valence-corrected chi connectivity index (χ2v) is 8.24. The van der Waals surface area contributed by atoms with E-state index in [1.807, 2.05) is 6.92 Å². The van der Waals surface area contributed by atoms with Crippen molar-refractivity contribution >= 4 is 45.5 Å². The Labute approximate surface area is 197 Å². The molecule has 12 heteroatoms. The second kappa shape index (κ2) is 11.5. The van der Waals surface area contributed by atoms with E-state index in [1.54, 1.807) is 29.7 Å². The fourth-order valence-electron chi connectivity index (χ4n) is 3.34. The molecule has 0 unspecified atom stereocenters. The van der Waals surface area contributed by atoms with E-state index in [0.29, 0.717) is 0 Å².